The largest absolute Gasteiger partial charge is 0.301 e. The van der Waals surface area contributed by atoms with Gasteiger partial charge in [-0.25, -0.2) is 8.80 Å². The number of rotatable bonds is 7. The fourth-order valence-electron chi connectivity index (χ4n) is 0.898. The van der Waals surface area contributed by atoms with Gasteiger partial charge >= 0.3 is 6.08 Å². The maximum atomic E-state index is 12.5. The smallest absolute Gasteiger partial charge is 0.250 e. The van der Waals surface area contributed by atoms with Crippen molar-refractivity contribution >= 4 is 41.0 Å². The zero-order valence-corrected chi connectivity index (χ0v) is 11.1. The molecule has 0 spiro atoms. The number of nitrogens with zero attached hydrogens (tertiary/aromatic N) is 2. The molecule has 0 amide bonds. The highest BCUT2D eigenvalue weighted by atomic mass is 32.2. The molecule has 1 heterocycles. The van der Waals surface area contributed by atoms with Gasteiger partial charge in [-0.1, -0.05) is 11.8 Å². The Kier molecular flexibility index (Phi) is 7.21. The van der Waals surface area contributed by atoms with E-state index in [1.807, 2.05) is 0 Å². The van der Waals surface area contributed by atoms with E-state index in [4.69, 9.17) is 0 Å². The Morgan fingerprint density at radius 3 is 2.76 bits per heavy atom. The Bertz CT molecular complexity index is 296. The van der Waals surface area contributed by atoms with Gasteiger partial charge in [0.05, 0.1) is 12.2 Å². The second kappa shape index (κ2) is 8.15. The Hall–Kier alpha value is -0.0200. The molecule has 0 radical (unpaired) electrons. The first kappa shape index (κ1) is 15.0. The van der Waals surface area contributed by atoms with Gasteiger partial charge in [-0.15, -0.1) is 11.8 Å². The molecule has 0 aromatic carbocycles. The summed E-state index contributed by atoms with van der Waals surface area (Å²) in [6.07, 6.45) is -2.60. The lowest BCUT2D eigenvalue weighted by Crippen LogP contribution is -2.15. The van der Waals surface area contributed by atoms with E-state index in [0.717, 1.165) is 11.9 Å². The minimum Gasteiger partial charge on any atom is -0.250 e. The van der Waals surface area contributed by atoms with Gasteiger partial charge in [0.25, 0.3) is 0 Å². The number of halogens is 4. The molecule has 1 atom stereocenters. The number of alkyl halides is 1. The standard InChI is InChI=1S/C8H10F4N2S3/c9-2-4-15-8-14(13-5-16-8)17-3-1-6(10)7(11)12/h5,8H,1-4H2. The quantitative estimate of drug-likeness (QED) is 0.520. The molecule has 2 nitrogen and oxygen atoms in total. The van der Waals surface area contributed by atoms with Crippen molar-refractivity contribution in [1.82, 2.24) is 4.41 Å². The van der Waals surface area contributed by atoms with Crippen LogP contribution in [-0.4, -0.2) is 32.8 Å². The second-order valence-electron chi connectivity index (χ2n) is 2.77. The van der Waals surface area contributed by atoms with Crippen molar-refractivity contribution in [2.75, 3.05) is 18.2 Å². The summed E-state index contributed by atoms with van der Waals surface area (Å²) in [5.74, 6) is -0.861. The lowest BCUT2D eigenvalue weighted by atomic mass is 10.4. The minimum atomic E-state index is -2.27. The topological polar surface area (TPSA) is 15.6 Å². The van der Waals surface area contributed by atoms with Crippen LogP contribution < -0.4 is 0 Å². The molecule has 0 N–H and O–H groups in total. The molecule has 9 heteroatoms. The van der Waals surface area contributed by atoms with E-state index in [9.17, 15) is 17.6 Å². The lowest BCUT2D eigenvalue weighted by Gasteiger charge is -2.19. The molecule has 17 heavy (non-hydrogen) atoms. The predicted octanol–water partition coefficient (Wildman–Crippen LogP) is 4.08. The Labute approximate surface area is 109 Å². The van der Waals surface area contributed by atoms with Crippen LogP contribution in [0.25, 0.3) is 0 Å². The number of hydrazone groups is 1. The number of hydrogen-bond donors (Lipinski definition) is 0. The van der Waals surface area contributed by atoms with Crippen molar-refractivity contribution < 1.29 is 17.6 Å². The maximum absolute atomic E-state index is 12.5. The molecule has 0 aliphatic carbocycles. The third kappa shape index (κ3) is 5.43. The first-order chi connectivity index (χ1) is 8.15. The summed E-state index contributed by atoms with van der Waals surface area (Å²) in [5.41, 5.74) is 1.60. The Morgan fingerprint density at radius 2 is 2.12 bits per heavy atom. The molecule has 1 rings (SSSR count). The van der Waals surface area contributed by atoms with Crippen LogP contribution in [-0.2, 0) is 0 Å². The highest BCUT2D eigenvalue weighted by Gasteiger charge is 2.22. The highest BCUT2D eigenvalue weighted by Crippen LogP contribution is 2.36. The molecular weight excluding hydrogens is 296 g/mol. The third-order valence-electron chi connectivity index (χ3n) is 1.61. The van der Waals surface area contributed by atoms with Crippen LogP contribution in [0, 0.1) is 0 Å². The van der Waals surface area contributed by atoms with Crippen LogP contribution in [0.1, 0.15) is 6.42 Å². The van der Waals surface area contributed by atoms with Gasteiger partial charge in [-0.05, 0) is 11.9 Å². The van der Waals surface area contributed by atoms with Crippen molar-refractivity contribution in [3.63, 3.8) is 0 Å². The van der Waals surface area contributed by atoms with Crippen LogP contribution in [0.2, 0.25) is 0 Å². The molecule has 0 aromatic heterocycles. The summed E-state index contributed by atoms with van der Waals surface area (Å²) < 4.78 is 49.5. The zero-order valence-electron chi connectivity index (χ0n) is 8.61. The van der Waals surface area contributed by atoms with Crippen molar-refractivity contribution in [3.05, 3.63) is 11.9 Å². The van der Waals surface area contributed by atoms with Gasteiger partial charge in [0.1, 0.15) is 0 Å². The molecule has 1 aliphatic rings. The van der Waals surface area contributed by atoms with Gasteiger partial charge in [0, 0.05) is 17.9 Å². The van der Waals surface area contributed by atoms with Crippen molar-refractivity contribution in [3.8, 4) is 0 Å². The Balaban J connectivity index is 2.26. The molecule has 98 valence electrons. The van der Waals surface area contributed by atoms with E-state index in [1.165, 1.54) is 23.5 Å². The monoisotopic (exact) mass is 306 g/mol. The summed E-state index contributed by atoms with van der Waals surface area (Å²) in [6.45, 7) is -0.426. The summed E-state index contributed by atoms with van der Waals surface area (Å²) in [7, 11) is 0. The van der Waals surface area contributed by atoms with Crippen LogP contribution in [0.15, 0.2) is 17.0 Å². The number of thioether (sulfide) groups is 2. The molecule has 0 aromatic rings. The third-order valence-corrected chi connectivity index (χ3v) is 5.09. The normalized spacial score (nSPS) is 18.8. The minimum absolute atomic E-state index is 0.0713. The van der Waals surface area contributed by atoms with Crippen LogP contribution in [0.3, 0.4) is 0 Å². The summed E-state index contributed by atoms with van der Waals surface area (Å²) in [6, 6.07) is 0. The molecular formula is C8H10F4N2S3. The fraction of sp³-hybridized carbons (Fsp3) is 0.625. The average Bonchev–Trinajstić information content (AvgIpc) is 2.73. The molecule has 1 unspecified atom stereocenters. The number of allylic oxidation sites excluding steroid dienone is 1. The van der Waals surface area contributed by atoms with Crippen molar-refractivity contribution in [2.45, 2.75) is 11.1 Å². The Morgan fingerprint density at radius 1 is 1.35 bits per heavy atom. The van der Waals surface area contributed by atoms with E-state index < -0.39 is 18.6 Å². The molecule has 0 saturated heterocycles. The summed E-state index contributed by atoms with van der Waals surface area (Å²) in [5, 5.41) is 3.98. The highest BCUT2D eigenvalue weighted by molar-refractivity contribution is 8.24. The lowest BCUT2D eigenvalue weighted by molar-refractivity contribution is 0.373. The first-order valence-corrected chi connectivity index (χ1v) is 7.56. The van der Waals surface area contributed by atoms with Crippen molar-refractivity contribution in [2.24, 2.45) is 5.10 Å². The second-order valence-corrected chi connectivity index (χ2v) is 6.23. The van der Waals surface area contributed by atoms with Gasteiger partial charge in [-0.2, -0.15) is 13.9 Å². The van der Waals surface area contributed by atoms with Crippen LogP contribution >= 0.6 is 35.5 Å². The van der Waals surface area contributed by atoms with Crippen molar-refractivity contribution in [1.29, 1.82) is 0 Å². The van der Waals surface area contributed by atoms with E-state index >= 15 is 0 Å². The van der Waals surface area contributed by atoms with Crippen LogP contribution in [0.5, 0.6) is 0 Å². The van der Waals surface area contributed by atoms with Gasteiger partial charge < -0.3 is 0 Å². The van der Waals surface area contributed by atoms with Gasteiger partial charge in [0.2, 0.25) is 0 Å². The summed E-state index contributed by atoms with van der Waals surface area (Å²) in [4.78, 5) is 0. The zero-order chi connectivity index (χ0) is 12.7. The SMILES string of the molecule is FCCSC1SC=NN1SCCC(F)=C(F)F. The molecule has 1 aliphatic heterocycles. The van der Waals surface area contributed by atoms with Gasteiger partial charge in [0.15, 0.2) is 10.5 Å². The van der Waals surface area contributed by atoms with E-state index in [1.54, 1.807) is 9.96 Å². The maximum Gasteiger partial charge on any atom is 0.301 e. The fourth-order valence-corrected chi connectivity index (χ4v) is 3.99. The van der Waals surface area contributed by atoms with Gasteiger partial charge in [-0.3, -0.25) is 4.39 Å². The first-order valence-electron chi connectivity index (χ1n) is 4.62. The molecule has 0 saturated carbocycles. The molecule has 0 fully saturated rings. The van der Waals surface area contributed by atoms with E-state index in [2.05, 4.69) is 5.10 Å². The molecule has 0 bridgehead atoms. The summed E-state index contributed by atoms with van der Waals surface area (Å²) >= 11 is 3.93. The number of hydrogen-bond acceptors (Lipinski definition) is 5. The predicted molar refractivity (Wildman–Crippen MR) is 67.6 cm³/mol. The van der Waals surface area contributed by atoms with E-state index in [0.29, 0.717) is 5.75 Å². The van der Waals surface area contributed by atoms with E-state index in [-0.39, 0.29) is 16.9 Å². The average molecular weight is 306 g/mol. The van der Waals surface area contributed by atoms with Crippen LogP contribution in [0.4, 0.5) is 17.6 Å².